The summed E-state index contributed by atoms with van der Waals surface area (Å²) in [5.41, 5.74) is 1.29. The lowest BCUT2D eigenvalue weighted by Crippen LogP contribution is -2.21. The third kappa shape index (κ3) is 4.19. The van der Waals surface area contributed by atoms with Gasteiger partial charge in [-0.2, -0.15) is 5.10 Å². The van der Waals surface area contributed by atoms with Gasteiger partial charge in [0, 0.05) is 24.8 Å². The van der Waals surface area contributed by atoms with Gasteiger partial charge in [0.05, 0.1) is 6.20 Å². The number of allylic oxidation sites excluding steroid dienone is 1. The van der Waals surface area contributed by atoms with Crippen LogP contribution in [-0.2, 0) is 7.05 Å². The van der Waals surface area contributed by atoms with Crippen LogP contribution in [0.4, 0.5) is 0 Å². The first kappa shape index (κ1) is 13.0. The van der Waals surface area contributed by atoms with E-state index >= 15 is 0 Å². The molecule has 0 aromatic carbocycles. The Morgan fingerprint density at radius 3 is 3.00 bits per heavy atom. The van der Waals surface area contributed by atoms with Gasteiger partial charge in [0.1, 0.15) is 0 Å². The van der Waals surface area contributed by atoms with Crippen LogP contribution in [0.3, 0.4) is 0 Å². The summed E-state index contributed by atoms with van der Waals surface area (Å²) in [6, 6.07) is 0.439. The highest BCUT2D eigenvalue weighted by Crippen LogP contribution is 2.18. The Kier molecular flexibility index (Phi) is 5.86. The van der Waals surface area contributed by atoms with Crippen LogP contribution in [0.25, 0.3) is 0 Å². The lowest BCUT2D eigenvalue weighted by Gasteiger charge is -2.16. The molecule has 3 heteroatoms. The highest BCUT2D eigenvalue weighted by atomic mass is 15.2. The van der Waals surface area contributed by atoms with E-state index in [1.165, 1.54) is 12.0 Å². The average Bonchev–Trinajstić information content (AvgIpc) is 2.70. The Morgan fingerprint density at radius 2 is 2.44 bits per heavy atom. The zero-order chi connectivity index (χ0) is 11.8. The highest BCUT2D eigenvalue weighted by molar-refractivity contribution is 5.10. The summed E-state index contributed by atoms with van der Waals surface area (Å²) in [7, 11) is 1.96. The van der Waals surface area contributed by atoms with Crippen molar-refractivity contribution in [2.24, 2.45) is 7.05 Å². The van der Waals surface area contributed by atoms with Crippen molar-refractivity contribution in [1.29, 1.82) is 0 Å². The minimum absolute atomic E-state index is 0.439. The van der Waals surface area contributed by atoms with Crippen LogP contribution in [0.15, 0.2) is 25.0 Å². The molecule has 1 atom stereocenters. The summed E-state index contributed by atoms with van der Waals surface area (Å²) in [6.45, 7) is 7.01. The molecule has 0 aliphatic heterocycles. The van der Waals surface area contributed by atoms with Crippen molar-refractivity contribution >= 4 is 0 Å². The Labute approximate surface area is 98.5 Å². The number of unbranched alkanes of at least 4 members (excludes halogenated alkanes) is 1. The Morgan fingerprint density at radius 1 is 1.62 bits per heavy atom. The van der Waals surface area contributed by atoms with Crippen LogP contribution in [0.5, 0.6) is 0 Å². The van der Waals surface area contributed by atoms with E-state index in [-0.39, 0.29) is 0 Å². The Bertz CT molecular complexity index is 304. The molecular weight excluding hydrogens is 198 g/mol. The minimum atomic E-state index is 0.439. The maximum atomic E-state index is 4.23. The molecule has 3 nitrogen and oxygen atoms in total. The molecule has 1 rings (SSSR count). The van der Waals surface area contributed by atoms with Crippen molar-refractivity contribution in [2.45, 2.75) is 38.6 Å². The van der Waals surface area contributed by atoms with Gasteiger partial charge in [-0.15, -0.1) is 6.58 Å². The maximum Gasteiger partial charge on any atom is 0.0537 e. The molecule has 16 heavy (non-hydrogen) atoms. The van der Waals surface area contributed by atoms with Crippen LogP contribution < -0.4 is 5.32 Å². The van der Waals surface area contributed by atoms with Crippen molar-refractivity contribution in [1.82, 2.24) is 15.1 Å². The molecule has 1 aromatic heterocycles. The van der Waals surface area contributed by atoms with E-state index in [0.29, 0.717) is 6.04 Å². The summed E-state index contributed by atoms with van der Waals surface area (Å²) in [5.74, 6) is 0. The number of nitrogens with zero attached hydrogens (tertiary/aromatic N) is 2. The van der Waals surface area contributed by atoms with E-state index in [9.17, 15) is 0 Å². The molecule has 1 heterocycles. The fourth-order valence-electron chi connectivity index (χ4n) is 1.79. The summed E-state index contributed by atoms with van der Waals surface area (Å²) in [5, 5.41) is 7.80. The molecular formula is C13H23N3. The molecule has 90 valence electrons. The predicted molar refractivity (Wildman–Crippen MR) is 68.3 cm³/mol. The molecule has 0 spiro atoms. The van der Waals surface area contributed by atoms with Gasteiger partial charge in [-0.1, -0.05) is 13.0 Å². The molecule has 0 aliphatic carbocycles. The lowest BCUT2D eigenvalue weighted by atomic mass is 10.0. The zero-order valence-corrected chi connectivity index (χ0v) is 10.4. The minimum Gasteiger partial charge on any atom is -0.310 e. The van der Waals surface area contributed by atoms with Gasteiger partial charge in [-0.3, -0.25) is 4.68 Å². The average molecular weight is 221 g/mol. The largest absolute Gasteiger partial charge is 0.310 e. The number of aryl methyl sites for hydroxylation is 1. The molecule has 0 fully saturated rings. The number of rotatable bonds is 8. The molecule has 1 N–H and O–H groups in total. The fraction of sp³-hybridized carbons (Fsp3) is 0.615. The Hall–Kier alpha value is -1.09. The quantitative estimate of drug-likeness (QED) is 0.540. The van der Waals surface area contributed by atoms with Crippen molar-refractivity contribution < 1.29 is 0 Å². The summed E-state index contributed by atoms with van der Waals surface area (Å²) in [6.07, 6.45) is 10.6. The number of hydrogen-bond donors (Lipinski definition) is 1. The predicted octanol–water partition coefficient (Wildman–Crippen LogP) is 2.82. The van der Waals surface area contributed by atoms with Crippen molar-refractivity contribution in [2.75, 3.05) is 6.54 Å². The van der Waals surface area contributed by atoms with Crippen molar-refractivity contribution in [3.63, 3.8) is 0 Å². The van der Waals surface area contributed by atoms with E-state index in [0.717, 1.165) is 25.8 Å². The topological polar surface area (TPSA) is 29.9 Å². The van der Waals surface area contributed by atoms with Crippen LogP contribution in [0.1, 0.15) is 44.2 Å². The molecule has 1 aromatic rings. The monoisotopic (exact) mass is 221 g/mol. The summed E-state index contributed by atoms with van der Waals surface area (Å²) < 4.78 is 1.86. The number of hydrogen-bond acceptors (Lipinski definition) is 2. The first-order valence-electron chi connectivity index (χ1n) is 6.10. The summed E-state index contributed by atoms with van der Waals surface area (Å²) >= 11 is 0. The van der Waals surface area contributed by atoms with Crippen LogP contribution in [-0.4, -0.2) is 16.3 Å². The van der Waals surface area contributed by atoms with E-state index in [4.69, 9.17) is 0 Å². The van der Waals surface area contributed by atoms with Crippen LogP contribution >= 0.6 is 0 Å². The van der Waals surface area contributed by atoms with E-state index in [1.54, 1.807) is 0 Å². The molecule has 0 saturated carbocycles. The van der Waals surface area contributed by atoms with Gasteiger partial charge in [0.2, 0.25) is 0 Å². The summed E-state index contributed by atoms with van der Waals surface area (Å²) in [4.78, 5) is 0. The van der Waals surface area contributed by atoms with Gasteiger partial charge in [-0.05, 0) is 32.2 Å². The smallest absolute Gasteiger partial charge is 0.0537 e. The fourth-order valence-corrected chi connectivity index (χ4v) is 1.79. The second kappa shape index (κ2) is 7.23. The third-order valence-electron chi connectivity index (χ3n) is 2.67. The molecule has 0 aliphatic rings. The van der Waals surface area contributed by atoms with E-state index < -0.39 is 0 Å². The molecule has 0 bridgehead atoms. The van der Waals surface area contributed by atoms with Crippen LogP contribution in [0.2, 0.25) is 0 Å². The van der Waals surface area contributed by atoms with E-state index in [1.807, 2.05) is 24.0 Å². The first-order chi connectivity index (χ1) is 7.77. The maximum absolute atomic E-state index is 4.23. The number of aromatic nitrogens is 2. The standard InChI is InChI=1S/C13H23N3/c1-4-6-7-8-13(14-9-5-2)12-10-15-16(3)11-12/h4,10-11,13-14H,1,5-9H2,2-3H3. The van der Waals surface area contributed by atoms with Gasteiger partial charge >= 0.3 is 0 Å². The highest BCUT2D eigenvalue weighted by Gasteiger charge is 2.11. The molecule has 0 radical (unpaired) electrons. The second-order valence-electron chi connectivity index (χ2n) is 4.17. The molecule has 0 saturated heterocycles. The van der Waals surface area contributed by atoms with Gasteiger partial charge < -0.3 is 5.32 Å². The SMILES string of the molecule is C=CCCCC(NCCC)c1cnn(C)c1. The number of nitrogens with one attached hydrogen (secondary N) is 1. The van der Waals surface area contributed by atoms with Gasteiger partial charge in [0.15, 0.2) is 0 Å². The second-order valence-corrected chi connectivity index (χ2v) is 4.17. The Balaban J connectivity index is 2.52. The molecule has 1 unspecified atom stereocenters. The van der Waals surface area contributed by atoms with Gasteiger partial charge in [0.25, 0.3) is 0 Å². The van der Waals surface area contributed by atoms with E-state index in [2.05, 4.69) is 30.1 Å². The van der Waals surface area contributed by atoms with Crippen LogP contribution in [0, 0.1) is 0 Å². The lowest BCUT2D eigenvalue weighted by molar-refractivity contribution is 0.486. The third-order valence-corrected chi connectivity index (χ3v) is 2.67. The van der Waals surface area contributed by atoms with Crippen molar-refractivity contribution in [3.05, 3.63) is 30.6 Å². The normalized spacial score (nSPS) is 12.6. The zero-order valence-electron chi connectivity index (χ0n) is 10.4. The van der Waals surface area contributed by atoms with Gasteiger partial charge in [-0.25, -0.2) is 0 Å². The molecule has 0 amide bonds. The van der Waals surface area contributed by atoms with Crippen molar-refractivity contribution in [3.8, 4) is 0 Å². The first-order valence-corrected chi connectivity index (χ1v) is 6.10.